The highest BCUT2D eigenvalue weighted by Crippen LogP contribution is 2.31. The molecule has 6 heteroatoms. The lowest BCUT2D eigenvalue weighted by atomic mass is 9.97. The Kier molecular flexibility index (Phi) is 5.07. The zero-order valence-corrected chi connectivity index (χ0v) is 15.9. The van der Waals surface area contributed by atoms with E-state index >= 15 is 0 Å². The number of para-hydroxylation sites is 1. The van der Waals surface area contributed by atoms with Crippen LogP contribution in [0.3, 0.4) is 0 Å². The van der Waals surface area contributed by atoms with Gasteiger partial charge in [-0.15, -0.1) is 11.3 Å². The summed E-state index contributed by atoms with van der Waals surface area (Å²) in [6.45, 7) is 5.98. The average molecular weight is 358 g/mol. The quantitative estimate of drug-likeness (QED) is 0.908. The van der Waals surface area contributed by atoms with Gasteiger partial charge in [0.15, 0.2) is 6.54 Å². The first kappa shape index (κ1) is 17.8. The van der Waals surface area contributed by atoms with Crippen LogP contribution in [0.25, 0.3) is 10.2 Å². The first-order valence-corrected chi connectivity index (χ1v) is 9.59. The van der Waals surface area contributed by atoms with Gasteiger partial charge in [-0.3, -0.25) is 4.79 Å². The van der Waals surface area contributed by atoms with Crippen LogP contribution >= 0.6 is 11.3 Å². The number of nitriles is 1. The molecule has 0 saturated carbocycles. The largest absolute Gasteiger partial charge is 0.327 e. The highest BCUT2D eigenvalue weighted by atomic mass is 32.1. The monoisotopic (exact) mass is 357 g/mol. The number of fused-ring (bicyclic) bond motifs is 1. The van der Waals surface area contributed by atoms with Crippen LogP contribution in [-0.4, -0.2) is 48.0 Å². The molecule has 1 aromatic carbocycles. The molecule has 2 heterocycles. The minimum absolute atomic E-state index is 0.0417. The topological polar surface area (TPSA) is 61.4 Å². The molecule has 1 aromatic heterocycles. The predicted molar refractivity (Wildman–Crippen MR) is 99.6 cm³/mol. The molecule has 1 saturated heterocycles. The summed E-state index contributed by atoms with van der Waals surface area (Å²) in [5.41, 5.74) is 0.336. The summed E-state index contributed by atoms with van der Waals surface area (Å²) < 4.78 is 1.25. The number of rotatable bonds is 4. The molecule has 132 valence electrons. The van der Waals surface area contributed by atoms with Gasteiger partial charge in [-0.25, -0.2) is 4.98 Å². The zero-order chi connectivity index (χ0) is 18.0. The molecule has 5 nitrogen and oxygen atoms in total. The molecule has 0 bridgehead atoms. The third-order valence-electron chi connectivity index (χ3n) is 5.24. The Morgan fingerprint density at radius 3 is 2.72 bits per heavy atom. The van der Waals surface area contributed by atoms with Gasteiger partial charge in [0.2, 0.25) is 0 Å². The van der Waals surface area contributed by atoms with Gasteiger partial charge in [-0.1, -0.05) is 12.1 Å². The molecule has 3 rings (SSSR count). The van der Waals surface area contributed by atoms with Crippen molar-refractivity contribution in [2.75, 3.05) is 26.7 Å². The van der Waals surface area contributed by atoms with Crippen molar-refractivity contribution in [1.82, 2.24) is 9.88 Å². The molecular weight excluding hydrogens is 332 g/mol. The Morgan fingerprint density at radius 2 is 2.08 bits per heavy atom. The number of carbonyl (C=O) groups excluding carboxylic acids is 1. The van der Waals surface area contributed by atoms with Crippen molar-refractivity contribution in [3.63, 3.8) is 0 Å². The summed E-state index contributed by atoms with van der Waals surface area (Å²) in [7, 11) is 1.72. The van der Waals surface area contributed by atoms with Crippen LogP contribution in [0, 0.1) is 11.3 Å². The Balaban J connectivity index is 1.57. The van der Waals surface area contributed by atoms with E-state index in [4.69, 9.17) is 4.98 Å². The third kappa shape index (κ3) is 3.83. The van der Waals surface area contributed by atoms with E-state index in [2.05, 4.69) is 24.3 Å². The van der Waals surface area contributed by atoms with Gasteiger partial charge in [-0.2, -0.15) is 5.26 Å². The van der Waals surface area contributed by atoms with Gasteiger partial charge in [-0.05, 0) is 26.0 Å². The van der Waals surface area contributed by atoms with Crippen molar-refractivity contribution < 1.29 is 9.69 Å². The number of piperidine rings is 1. The minimum atomic E-state index is -0.754. The second-order valence-corrected chi connectivity index (χ2v) is 8.41. The lowest BCUT2D eigenvalue weighted by Gasteiger charge is -2.32. The fourth-order valence-corrected chi connectivity index (χ4v) is 4.37. The molecule has 1 fully saturated rings. The Morgan fingerprint density at radius 1 is 1.40 bits per heavy atom. The SMILES string of the molecule is CN(C(=O)C[NH+]1CCC(c2nc3ccccc3s2)CC1)C(C)(C)C#N. The van der Waals surface area contributed by atoms with E-state index < -0.39 is 5.54 Å². The number of amides is 1. The van der Waals surface area contributed by atoms with Crippen molar-refractivity contribution in [2.24, 2.45) is 0 Å². The second-order valence-electron chi connectivity index (χ2n) is 7.34. The van der Waals surface area contributed by atoms with E-state index in [1.807, 2.05) is 6.07 Å². The summed E-state index contributed by atoms with van der Waals surface area (Å²) in [6, 6.07) is 10.5. The highest BCUT2D eigenvalue weighted by molar-refractivity contribution is 7.18. The van der Waals surface area contributed by atoms with Crippen LogP contribution in [-0.2, 0) is 4.79 Å². The number of hydrogen-bond acceptors (Lipinski definition) is 4. The third-order valence-corrected chi connectivity index (χ3v) is 6.44. The van der Waals surface area contributed by atoms with Crippen LogP contribution in [0.15, 0.2) is 24.3 Å². The Hall–Kier alpha value is -1.97. The van der Waals surface area contributed by atoms with Crippen molar-refractivity contribution >= 4 is 27.5 Å². The fourth-order valence-electron chi connectivity index (χ4n) is 3.23. The lowest BCUT2D eigenvalue weighted by molar-refractivity contribution is -0.897. The number of carbonyl (C=O) groups is 1. The van der Waals surface area contributed by atoms with Gasteiger partial charge in [0.05, 0.1) is 34.4 Å². The van der Waals surface area contributed by atoms with E-state index in [1.54, 1.807) is 37.1 Å². The number of quaternary nitrogens is 1. The molecule has 0 spiro atoms. The maximum absolute atomic E-state index is 12.4. The molecule has 25 heavy (non-hydrogen) atoms. The van der Waals surface area contributed by atoms with Gasteiger partial charge in [0, 0.05) is 25.8 Å². The standard InChI is InChI=1S/C19H24N4OS/c1-19(2,13-20)22(3)17(24)12-23-10-8-14(9-11-23)18-21-15-6-4-5-7-16(15)25-18/h4-7,14H,8-12H2,1-3H3/p+1. The molecule has 0 atom stereocenters. The molecule has 0 radical (unpaired) electrons. The van der Waals surface area contributed by atoms with Gasteiger partial charge < -0.3 is 9.80 Å². The van der Waals surface area contributed by atoms with E-state index in [9.17, 15) is 10.1 Å². The van der Waals surface area contributed by atoms with Gasteiger partial charge >= 0.3 is 0 Å². The first-order valence-electron chi connectivity index (χ1n) is 8.77. The number of likely N-dealkylation sites (N-methyl/N-ethyl adjacent to an activating group) is 1. The summed E-state index contributed by atoms with van der Waals surface area (Å²) in [5.74, 6) is 0.546. The van der Waals surface area contributed by atoms with E-state index in [0.29, 0.717) is 12.5 Å². The molecule has 1 amide bonds. The molecule has 0 aliphatic carbocycles. The number of aromatic nitrogens is 1. The van der Waals surface area contributed by atoms with E-state index in [-0.39, 0.29) is 5.91 Å². The predicted octanol–water partition coefficient (Wildman–Crippen LogP) is 1.82. The molecule has 1 N–H and O–H groups in total. The fraction of sp³-hybridized carbons (Fsp3) is 0.526. The molecule has 1 aliphatic rings. The maximum Gasteiger partial charge on any atom is 0.278 e. The summed E-state index contributed by atoms with van der Waals surface area (Å²) in [5, 5.41) is 10.4. The zero-order valence-electron chi connectivity index (χ0n) is 15.1. The number of nitrogens with zero attached hydrogens (tertiary/aromatic N) is 3. The smallest absolute Gasteiger partial charge is 0.278 e. The van der Waals surface area contributed by atoms with Crippen LogP contribution in [0.1, 0.15) is 37.6 Å². The van der Waals surface area contributed by atoms with Crippen molar-refractivity contribution in [3.8, 4) is 6.07 Å². The second kappa shape index (κ2) is 7.11. The lowest BCUT2D eigenvalue weighted by Crippen LogP contribution is -3.14. The van der Waals surface area contributed by atoms with Crippen molar-refractivity contribution in [1.29, 1.82) is 5.26 Å². The van der Waals surface area contributed by atoms with Gasteiger partial charge in [0.25, 0.3) is 5.91 Å². The number of thiazole rings is 1. The van der Waals surface area contributed by atoms with Crippen LogP contribution < -0.4 is 4.90 Å². The first-order chi connectivity index (χ1) is 11.9. The number of hydrogen-bond donors (Lipinski definition) is 1. The molecule has 0 unspecified atom stereocenters. The highest BCUT2D eigenvalue weighted by Gasteiger charge is 2.32. The molecular formula is C19H25N4OS+. The van der Waals surface area contributed by atoms with Crippen LogP contribution in [0.2, 0.25) is 0 Å². The van der Waals surface area contributed by atoms with Crippen molar-refractivity contribution in [3.05, 3.63) is 29.3 Å². The number of nitrogens with one attached hydrogen (secondary N) is 1. The Labute approximate surface area is 152 Å². The maximum atomic E-state index is 12.4. The van der Waals surface area contributed by atoms with Crippen LogP contribution in [0.5, 0.6) is 0 Å². The average Bonchev–Trinajstić information content (AvgIpc) is 3.05. The summed E-state index contributed by atoms with van der Waals surface area (Å²) in [4.78, 5) is 20.1. The number of likely N-dealkylation sites (tertiary alicyclic amines) is 1. The summed E-state index contributed by atoms with van der Waals surface area (Å²) in [6.07, 6.45) is 2.13. The van der Waals surface area contributed by atoms with E-state index in [1.165, 1.54) is 14.6 Å². The van der Waals surface area contributed by atoms with Gasteiger partial charge in [0.1, 0.15) is 5.54 Å². The van der Waals surface area contributed by atoms with E-state index in [0.717, 1.165) is 31.4 Å². The molecule has 1 aliphatic heterocycles. The minimum Gasteiger partial charge on any atom is -0.327 e. The normalized spacial score (nSPS) is 21.0. The molecule has 2 aromatic rings. The van der Waals surface area contributed by atoms with Crippen molar-refractivity contribution in [2.45, 2.75) is 38.1 Å². The number of benzene rings is 1. The van der Waals surface area contributed by atoms with Crippen LogP contribution in [0.4, 0.5) is 0 Å². The summed E-state index contributed by atoms with van der Waals surface area (Å²) >= 11 is 1.80. The Bertz CT molecular complexity index is 766.